The highest BCUT2D eigenvalue weighted by atomic mass is 35.5. The maximum Gasteiger partial charge on any atom is 0.255 e. The van der Waals surface area contributed by atoms with Crippen molar-refractivity contribution in [2.45, 2.75) is 36.1 Å². The van der Waals surface area contributed by atoms with Crippen molar-refractivity contribution >= 4 is 30.1 Å². The number of hydrogen-bond donors (Lipinski definition) is 1. The number of benzene rings is 2. The van der Waals surface area contributed by atoms with Gasteiger partial charge in [0.05, 0.1) is 5.56 Å². The molecule has 0 spiro atoms. The normalized spacial score (nSPS) is 19.2. The highest BCUT2D eigenvalue weighted by Crippen LogP contribution is 2.33. The zero-order chi connectivity index (χ0) is 17.2. The van der Waals surface area contributed by atoms with Crippen LogP contribution in [0.1, 0.15) is 30.6 Å². The third-order valence-corrected chi connectivity index (χ3v) is 5.77. The molecule has 0 bridgehead atoms. The number of likely N-dealkylation sites (tertiary alicyclic amines) is 1. The van der Waals surface area contributed by atoms with E-state index in [4.69, 9.17) is 5.73 Å². The van der Waals surface area contributed by atoms with E-state index < -0.39 is 0 Å². The van der Waals surface area contributed by atoms with Gasteiger partial charge in [0.15, 0.2) is 0 Å². The Morgan fingerprint density at radius 2 is 1.76 bits per heavy atom. The Morgan fingerprint density at radius 3 is 2.44 bits per heavy atom. The topological polar surface area (TPSA) is 46.3 Å². The second-order valence-corrected chi connectivity index (χ2v) is 8.14. The van der Waals surface area contributed by atoms with Crippen LogP contribution in [0.2, 0.25) is 0 Å². The van der Waals surface area contributed by atoms with Crippen LogP contribution in [-0.2, 0) is 0 Å². The van der Waals surface area contributed by atoms with Gasteiger partial charge in [-0.1, -0.05) is 55.9 Å². The number of carbonyl (C=O) groups excluding carboxylic acids is 1. The molecule has 0 aromatic heterocycles. The van der Waals surface area contributed by atoms with E-state index in [1.807, 2.05) is 47.4 Å². The smallest absolute Gasteiger partial charge is 0.255 e. The summed E-state index contributed by atoms with van der Waals surface area (Å²) in [6, 6.07) is 18.2. The van der Waals surface area contributed by atoms with Gasteiger partial charge in [-0.2, -0.15) is 0 Å². The molecule has 0 aliphatic carbocycles. The molecule has 1 heterocycles. The van der Waals surface area contributed by atoms with Crippen LogP contribution >= 0.6 is 24.2 Å². The number of nitrogens with zero attached hydrogens (tertiary/aromatic N) is 1. The fourth-order valence-electron chi connectivity index (χ4n) is 3.07. The molecule has 0 radical (unpaired) electrons. The molecule has 25 heavy (non-hydrogen) atoms. The van der Waals surface area contributed by atoms with E-state index in [0.717, 1.165) is 28.3 Å². The van der Waals surface area contributed by atoms with Crippen molar-refractivity contribution in [2.24, 2.45) is 11.1 Å². The predicted octanol–water partition coefficient (Wildman–Crippen LogP) is 4.46. The third-order valence-electron chi connectivity index (χ3n) is 4.69. The van der Waals surface area contributed by atoms with Crippen LogP contribution in [0.15, 0.2) is 64.4 Å². The van der Waals surface area contributed by atoms with Gasteiger partial charge in [-0.3, -0.25) is 4.79 Å². The van der Waals surface area contributed by atoms with Gasteiger partial charge in [0, 0.05) is 28.9 Å². The van der Waals surface area contributed by atoms with Gasteiger partial charge in [0.25, 0.3) is 5.91 Å². The zero-order valence-corrected chi connectivity index (χ0v) is 16.3. The van der Waals surface area contributed by atoms with Crippen LogP contribution < -0.4 is 5.73 Å². The third kappa shape index (κ3) is 4.57. The molecule has 1 saturated heterocycles. The molecule has 1 aliphatic heterocycles. The lowest BCUT2D eigenvalue weighted by Gasteiger charge is -2.42. The van der Waals surface area contributed by atoms with Crippen molar-refractivity contribution in [3.05, 3.63) is 60.2 Å². The van der Waals surface area contributed by atoms with Gasteiger partial charge in [-0.05, 0) is 36.1 Å². The van der Waals surface area contributed by atoms with Gasteiger partial charge in [0.2, 0.25) is 0 Å². The fourth-order valence-corrected chi connectivity index (χ4v) is 4.02. The number of halogens is 1. The van der Waals surface area contributed by atoms with E-state index in [-0.39, 0.29) is 29.8 Å². The summed E-state index contributed by atoms with van der Waals surface area (Å²) in [6.45, 7) is 5.72. The largest absolute Gasteiger partial charge is 0.338 e. The van der Waals surface area contributed by atoms with Crippen LogP contribution in [0.25, 0.3) is 0 Å². The highest BCUT2D eigenvalue weighted by Gasteiger charge is 2.36. The monoisotopic (exact) mass is 376 g/mol. The Balaban J connectivity index is 0.00000225. The zero-order valence-electron chi connectivity index (χ0n) is 14.6. The first kappa shape index (κ1) is 19.8. The van der Waals surface area contributed by atoms with Crippen molar-refractivity contribution in [3.63, 3.8) is 0 Å². The Hall–Kier alpha value is -1.49. The molecule has 2 aromatic carbocycles. The fraction of sp³-hybridized carbons (Fsp3) is 0.350. The number of amides is 1. The number of nitrogens with two attached hydrogens (primary N) is 1. The second kappa shape index (κ2) is 8.26. The SMILES string of the molecule is CC1(C)CN(C(=O)c2ccccc2Sc2ccccc2)CCC1N.Cl. The van der Waals surface area contributed by atoms with E-state index >= 15 is 0 Å². The average molecular weight is 377 g/mol. The van der Waals surface area contributed by atoms with Crippen LogP contribution in [0.5, 0.6) is 0 Å². The van der Waals surface area contributed by atoms with Crippen molar-refractivity contribution < 1.29 is 4.79 Å². The summed E-state index contributed by atoms with van der Waals surface area (Å²) in [5, 5.41) is 0. The summed E-state index contributed by atoms with van der Waals surface area (Å²) in [4.78, 5) is 17.2. The Labute approximate surface area is 160 Å². The molecule has 1 atom stereocenters. The Kier molecular flexibility index (Phi) is 6.55. The van der Waals surface area contributed by atoms with Crippen molar-refractivity contribution in [2.75, 3.05) is 13.1 Å². The molecule has 0 saturated carbocycles. The molecule has 3 rings (SSSR count). The molecule has 3 nitrogen and oxygen atoms in total. The van der Waals surface area contributed by atoms with Gasteiger partial charge >= 0.3 is 0 Å². The minimum atomic E-state index is -0.0462. The summed E-state index contributed by atoms with van der Waals surface area (Å²) < 4.78 is 0. The lowest BCUT2D eigenvalue weighted by Crippen LogP contribution is -2.54. The Morgan fingerprint density at radius 1 is 1.12 bits per heavy atom. The van der Waals surface area contributed by atoms with Crippen LogP contribution in [-0.4, -0.2) is 29.9 Å². The summed E-state index contributed by atoms with van der Waals surface area (Å²) in [5.41, 5.74) is 6.93. The van der Waals surface area contributed by atoms with Crippen LogP contribution in [0, 0.1) is 5.41 Å². The summed E-state index contributed by atoms with van der Waals surface area (Å²) in [5.74, 6) is 0.106. The predicted molar refractivity (Wildman–Crippen MR) is 107 cm³/mol. The van der Waals surface area contributed by atoms with Crippen LogP contribution in [0.3, 0.4) is 0 Å². The standard InChI is InChI=1S/C20H24N2OS.ClH/c1-20(2)14-22(13-12-18(20)21)19(23)16-10-6-7-11-17(16)24-15-8-4-3-5-9-15;/h3-11,18H,12-14,21H2,1-2H3;1H. The van der Waals surface area contributed by atoms with Crippen molar-refractivity contribution in [3.8, 4) is 0 Å². The number of hydrogen-bond acceptors (Lipinski definition) is 3. The second-order valence-electron chi connectivity index (χ2n) is 7.02. The molecule has 2 N–H and O–H groups in total. The molecular formula is C20H25ClN2OS. The number of carbonyl (C=O) groups is 1. The number of piperidine rings is 1. The van der Waals surface area contributed by atoms with Crippen LogP contribution in [0.4, 0.5) is 0 Å². The van der Waals surface area contributed by atoms with Gasteiger partial charge in [-0.25, -0.2) is 0 Å². The maximum absolute atomic E-state index is 13.1. The molecular weight excluding hydrogens is 352 g/mol. The van der Waals surface area contributed by atoms with E-state index in [0.29, 0.717) is 6.54 Å². The molecule has 1 unspecified atom stereocenters. The molecule has 1 aliphatic rings. The van der Waals surface area contributed by atoms with Crippen molar-refractivity contribution in [1.82, 2.24) is 4.90 Å². The highest BCUT2D eigenvalue weighted by molar-refractivity contribution is 7.99. The molecule has 1 amide bonds. The lowest BCUT2D eigenvalue weighted by atomic mass is 9.79. The first-order valence-electron chi connectivity index (χ1n) is 8.34. The Bertz CT molecular complexity index is 721. The van der Waals surface area contributed by atoms with E-state index in [1.54, 1.807) is 11.8 Å². The van der Waals surface area contributed by atoms with E-state index in [2.05, 4.69) is 26.0 Å². The average Bonchev–Trinajstić information content (AvgIpc) is 2.58. The molecule has 2 aromatic rings. The first-order valence-corrected chi connectivity index (χ1v) is 9.16. The quantitative estimate of drug-likeness (QED) is 0.860. The minimum absolute atomic E-state index is 0. The summed E-state index contributed by atoms with van der Waals surface area (Å²) in [7, 11) is 0. The summed E-state index contributed by atoms with van der Waals surface area (Å²) >= 11 is 1.63. The lowest BCUT2D eigenvalue weighted by molar-refractivity contribution is 0.0529. The van der Waals surface area contributed by atoms with Gasteiger partial charge < -0.3 is 10.6 Å². The maximum atomic E-state index is 13.1. The molecule has 134 valence electrons. The minimum Gasteiger partial charge on any atom is -0.338 e. The van der Waals surface area contributed by atoms with Gasteiger partial charge in [-0.15, -0.1) is 12.4 Å². The first-order chi connectivity index (χ1) is 11.5. The molecule has 1 fully saturated rings. The van der Waals surface area contributed by atoms with Crippen molar-refractivity contribution in [1.29, 1.82) is 0 Å². The van der Waals surface area contributed by atoms with E-state index in [1.165, 1.54) is 0 Å². The molecule has 5 heteroatoms. The van der Waals surface area contributed by atoms with Gasteiger partial charge in [0.1, 0.15) is 0 Å². The number of rotatable bonds is 3. The van der Waals surface area contributed by atoms with E-state index in [9.17, 15) is 4.79 Å². The summed E-state index contributed by atoms with van der Waals surface area (Å²) in [6.07, 6.45) is 0.854.